The van der Waals surface area contributed by atoms with E-state index >= 15 is 0 Å². The third-order valence-electron chi connectivity index (χ3n) is 4.53. The highest BCUT2D eigenvalue weighted by atomic mass is 79.9. The SMILES string of the molecule is O=C(COc1ccc2c(c1)CCC2)Nc1ncc(Cc2ccc(Br)cc2)s1. The molecule has 2 aromatic carbocycles. The number of hydrogen-bond donors (Lipinski definition) is 1. The van der Waals surface area contributed by atoms with E-state index in [1.54, 1.807) is 0 Å². The Labute approximate surface area is 170 Å². The fourth-order valence-electron chi connectivity index (χ4n) is 3.19. The Morgan fingerprint density at radius 3 is 2.81 bits per heavy atom. The molecule has 1 aliphatic carbocycles. The number of anilines is 1. The first-order chi connectivity index (χ1) is 13.2. The maximum atomic E-state index is 12.1. The lowest BCUT2D eigenvalue weighted by molar-refractivity contribution is -0.118. The fourth-order valence-corrected chi connectivity index (χ4v) is 4.32. The molecule has 0 bridgehead atoms. The number of aryl methyl sites for hydroxylation is 2. The van der Waals surface area contributed by atoms with E-state index in [0.717, 1.165) is 34.4 Å². The highest BCUT2D eigenvalue weighted by molar-refractivity contribution is 9.10. The molecule has 0 atom stereocenters. The number of benzene rings is 2. The molecular formula is C21H19BrN2O2S. The molecule has 0 fully saturated rings. The highest BCUT2D eigenvalue weighted by Gasteiger charge is 2.12. The monoisotopic (exact) mass is 442 g/mol. The lowest BCUT2D eigenvalue weighted by Crippen LogP contribution is -2.20. The van der Waals surface area contributed by atoms with Gasteiger partial charge in [0.25, 0.3) is 5.91 Å². The Balaban J connectivity index is 1.29. The maximum Gasteiger partial charge on any atom is 0.264 e. The zero-order valence-electron chi connectivity index (χ0n) is 14.7. The van der Waals surface area contributed by atoms with E-state index in [2.05, 4.69) is 50.5 Å². The first-order valence-electron chi connectivity index (χ1n) is 8.89. The van der Waals surface area contributed by atoms with Crippen molar-refractivity contribution in [2.45, 2.75) is 25.7 Å². The molecule has 6 heteroatoms. The largest absolute Gasteiger partial charge is 0.484 e. The van der Waals surface area contributed by atoms with Gasteiger partial charge in [-0.25, -0.2) is 4.98 Å². The summed E-state index contributed by atoms with van der Waals surface area (Å²) in [6.07, 6.45) is 6.05. The van der Waals surface area contributed by atoms with Gasteiger partial charge in [0, 0.05) is 22.0 Å². The van der Waals surface area contributed by atoms with Gasteiger partial charge in [-0.1, -0.05) is 34.1 Å². The molecule has 1 N–H and O–H groups in total. The predicted octanol–water partition coefficient (Wildman–Crippen LogP) is 5.00. The molecule has 3 aromatic rings. The van der Waals surface area contributed by atoms with Crippen molar-refractivity contribution >= 4 is 38.3 Å². The summed E-state index contributed by atoms with van der Waals surface area (Å²) in [5.74, 6) is 0.556. The Kier molecular flexibility index (Phi) is 5.55. The fraction of sp³-hybridized carbons (Fsp3) is 0.238. The van der Waals surface area contributed by atoms with Crippen molar-refractivity contribution in [1.82, 2.24) is 4.98 Å². The van der Waals surface area contributed by atoms with E-state index in [1.807, 2.05) is 24.4 Å². The number of fused-ring (bicyclic) bond motifs is 1. The van der Waals surface area contributed by atoms with Crippen LogP contribution in [0, 0.1) is 0 Å². The Bertz CT molecular complexity index is 953. The van der Waals surface area contributed by atoms with Gasteiger partial charge in [-0.2, -0.15) is 0 Å². The summed E-state index contributed by atoms with van der Waals surface area (Å²) in [4.78, 5) is 17.5. The van der Waals surface area contributed by atoms with Crippen LogP contribution in [-0.2, 0) is 24.1 Å². The van der Waals surface area contributed by atoms with Crippen LogP contribution >= 0.6 is 27.3 Å². The molecule has 0 saturated carbocycles. The average molecular weight is 443 g/mol. The van der Waals surface area contributed by atoms with Crippen molar-refractivity contribution in [2.24, 2.45) is 0 Å². The Hall–Kier alpha value is -2.18. The number of nitrogens with one attached hydrogen (secondary N) is 1. The van der Waals surface area contributed by atoms with Gasteiger partial charge in [-0.05, 0) is 60.2 Å². The molecule has 0 unspecified atom stereocenters. The number of thiazole rings is 1. The lowest BCUT2D eigenvalue weighted by Gasteiger charge is -2.07. The van der Waals surface area contributed by atoms with Gasteiger partial charge in [-0.3, -0.25) is 10.1 Å². The molecule has 138 valence electrons. The van der Waals surface area contributed by atoms with Crippen LogP contribution < -0.4 is 10.1 Å². The summed E-state index contributed by atoms with van der Waals surface area (Å²) in [6.45, 7) is -0.0135. The minimum absolute atomic E-state index is 0.0135. The summed E-state index contributed by atoms with van der Waals surface area (Å²) >= 11 is 4.93. The molecule has 0 saturated heterocycles. The van der Waals surface area contributed by atoms with E-state index in [9.17, 15) is 4.79 Å². The molecule has 27 heavy (non-hydrogen) atoms. The van der Waals surface area contributed by atoms with E-state index < -0.39 is 0 Å². The van der Waals surface area contributed by atoms with Crippen LogP contribution in [0.4, 0.5) is 5.13 Å². The van der Waals surface area contributed by atoms with E-state index in [0.29, 0.717) is 5.13 Å². The molecule has 0 spiro atoms. The molecule has 0 radical (unpaired) electrons. The van der Waals surface area contributed by atoms with Gasteiger partial charge in [0.2, 0.25) is 0 Å². The topological polar surface area (TPSA) is 51.2 Å². The average Bonchev–Trinajstić information content (AvgIpc) is 3.30. The number of rotatable bonds is 6. The minimum Gasteiger partial charge on any atom is -0.484 e. The van der Waals surface area contributed by atoms with Gasteiger partial charge in [0.15, 0.2) is 11.7 Å². The van der Waals surface area contributed by atoms with Gasteiger partial charge in [0.05, 0.1) is 0 Å². The molecule has 1 aliphatic rings. The Morgan fingerprint density at radius 1 is 1.15 bits per heavy atom. The molecule has 4 nitrogen and oxygen atoms in total. The number of hydrogen-bond acceptors (Lipinski definition) is 4. The summed E-state index contributed by atoms with van der Waals surface area (Å²) in [6, 6.07) is 14.3. The van der Waals surface area contributed by atoms with Crippen molar-refractivity contribution in [3.8, 4) is 5.75 Å². The quantitative estimate of drug-likeness (QED) is 0.583. The number of aromatic nitrogens is 1. The maximum absolute atomic E-state index is 12.1. The van der Waals surface area contributed by atoms with Gasteiger partial charge < -0.3 is 4.74 Å². The van der Waals surface area contributed by atoms with Crippen LogP contribution in [0.25, 0.3) is 0 Å². The molecular weight excluding hydrogens is 424 g/mol. The second kappa shape index (κ2) is 8.23. The van der Waals surface area contributed by atoms with Gasteiger partial charge in [0.1, 0.15) is 5.75 Å². The molecule has 1 aromatic heterocycles. The second-order valence-corrected chi connectivity index (χ2v) is 8.59. The smallest absolute Gasteiger partial charge is 0.264 e. The zero-order chi connectivity index (χ0) is 18.6. The summed E-state index contributed by atoms with van der Waals surface area (Å²) in [5.41, 5.74) is 3.94. The van der Waals surface area contributed by atoms with E-state index in [4.69, 9.17) is 4.74 Å². The van der Waals surface area contributed by atoms with Gasteiger partial charge >= 0.3 is 0 Å². The minimum atomic E-state index is -0.194. The third kappa shape index (κ3) is 4.76. The van der Waals surface area contributed by atoms with Crippen molar-refractivity contribution in [2.75, 3.05) is 11.9 Å². The number of amides is 1. The number of nitrogens with zero attached hydrogens (tertiary/aromatic N) is 1. The van der Waals surface area contributed by atoms with Crippen molar-refractivity contribution < 1.29 is 9.53 Å². The molecule has 1 amide bonds. The standard InChI is InChI=1S/C21H19BrN2O2S/c22-17-7-4-14(5-8-17)10-19-12-23-21(27-19)24-20(25)13-26-18-9-6-15-2-1-3-16(15)11-18/h4-9,11-12H,1-3,10,13H2,(H,23,24,25). The first kappa shape index (κ1) is 18.2. The molecule has 0 aliphatic heterocycles. The number of halogens is 1. The van der Waals surface area contributed by atoms with E-state index in [1.165, 1.54) is 34.4 Å². The highest BCUT2D eigenvalue weighted by Crippen LogP contribution is 2.26. The number of ether oxygens (including phenoxy) is 1. The second-order valence-electron chi connectivity index (χ2n) is 6.56. The molecule has 4 rings (SSSR count). The van der Waals surface area contributed by atoms with Crippen LogP contribution in [-0.4, -0.2) is 17.5 Å². The summed E-state index contributed by atoms with van der Waals surface area (Å²) in [7, 11) is 0. The number of carbonyl (C=O) groups is 1. The lowest BCUT2D eigenvalue weighted by atomic mass is 10.1. The van der Waals surface area contributed by atoms with Crippen LogP contribution in [0.5, 0.6) is 5.75 Å². The first-order valence-corrected chi connectivity index (χ1v) is 10.5. The van der Waals surface area contributed by atoms with E-state index in [-0.39, 0.29) is 12.5 Å². The number of carbonyl (C=O) groups excluding carboxylic acids is 1. The van der Waals surface area contributed by atoms with Crippen LogP contribution in [0.3, 0.4) is 0 Å². The molecule has 1 heterocycles. The van der Waals surface area contributed by atoms with Crippen LogP contribution in [0.2, 0.25) is 0 Å². The van der Waals surface area contributed by atoms with Crippen molar-refractivity contribution in [3.63, 3.8) is 0 Å². The van der Waals surface area contributed by atoms with Crippen LogP contribution in [0.1, 0.15) is 28.0 Å². The zero-order valence-corrected chi connectivity index (χ0v) is 17.1. The predicted molar refractivity (Wildman–Crippen MR) is 112 cm³/mol. The van der Waals surface area contributed by atoms with Crippen molar-refractivity contribution in [3.05, 3.63) is 74.7 Å². The normalized spacial score (nSPS) is 12.6. The van der Waals surface area contributed by atoms with Crippen molar-refractivity contribution in [1.29, 1.82) is 0 Å². The summed E-state index contributed by atoms with van der Waals surface area (Å²) < 4.78 is 6.70. The third-order valence-corrected chi connectivity index (χ3v) is 5.97. The summed E-state index contributed by atoms with van der Waals surface area (Å²) in [5, 5.41) is 3.42. The van der Waals surface area contributed by atoms with Crippen LogP contribution in [0.15, 0.2) is 53.1 Å². The van der Waals surface area contributed by atoms with Gasteiger partial charge in [-0.15, -0.1) is 11.3 Å². The Morgan fingerprint density at radius 2 is 1.96 bits per heavy atom.